The van der Waals surface area contributed by atoms with Gasteiger partial charge in [-0.1, -0.05) is 45.6 Å². The van der Waals surface area contributed by atoms with Crippen LogP contribution in [-0.2, 0) is 9.53 Å². The standard InChI is InChI=1S/C15H29NO2/c1-5-7-8-9-10-11-15(3,4)16-12-13-18-14(17)6-2/h6,16H,2,5,7-13H2,1,3-4H3. The maximum absolute atomic E-state index is 10.8. The lowest BCUT2D eigenvalue weighted by Crippen LogP contribution is -2.41. The van der Waals surface area contributed by atoms with Crippen molar-refractivity contribution >= 4 is 5.97 Å². The molecule has 0 saturated heterocycles. The van der Waals surface area contributed by atoms with E-state index in [0.29, 0.717) is 13.2 Å². The van der Waals surface area contributed by atoms with Gasteiger partial charge in [0, 0.05) is 18.2 Å². The van der Waals surface area contributed by atoms with Gasteiger partial charge in [-0.2, -0.15) is 0 Å². The molecule has 0 aromatic heterocycles. The fourth-order valence-electron chi connectivity index (χ4n) is 1.86. The Morgan fingerprint density at radius 3 is 2.56 bits per heavy atom. The second kappa shape index (κ2) is 10.1. The minimum absolute atomic E-state index is 0.118. The molecule has 1 N–H and O–H groups in total. The Balaban J connectivity index is 3.54. The Kier molecular flexibility index (Phi) is 9.66. The first-order valence-electron chi connectivity index (χ1n) is 7.06. The van der Waals surface area contributed by atoms with Gasteiger partial charge < -0.3 is 10.1 Å². The zero-order chi connectivity index (χ0) is 13.9. The smallest absolute Gasteiger partial charge is 0.330 e. The molecule has 0 rings (SSSR count). The molecule has 106 valence electrons. The van der Waals surface area contributed by atoms with Crippen molar-refractivity contribution in [2.45, 2.75) is 64.8 Å². The van der Waals surface area contributed by atoms with E-state index < -0.39 is 0 Å². The molecular formula is C15H29NO2. The van der Waals surface area contributed by atoms with E-state index in [9.17, 15) is 4.79 Å². The van der Waals surface area contributed by atoms with Gasteiger partial charge in [0.15, 0.2) is 0 Å². The van der Waals surface area contributed by atoms with Gasteiger partial charge in [-0.15, -0.1) is 0 Å². The molecule has 0 amide bonds. The minimum atomic E-state index is -0.353. The summed E-state index contributed by atoms with van der Waals surface area (Å²) in [5.41, 5.74) is 0.118. The predicted molar refractivity (Wildman–Crippen MR) is 76.6 cm³/mol. The second-order valence-electron chi connectivity index (χ2n) is 5.35. The highest BCUT2D eigenvalue weighted by Crippen LogP contribution is 2.14. The molecule has 0 heterocycles. The van der Waals surface area contributed by atoms with Crippen molar-refractivity contribution in [1.29, 1.82) is 0 Å². The van der Waals surface area contributed by atoms with Crippen LogP contribution in [0.4, 0.5) is 0 Å². The molecule has 18 heavy (non-hydrogen) atoms. The van der Waals surface area contributed by atoms with Crippen molar-refractivity contribution in [2.75, 3.05) is 13.2 Å². The quantitative estimate of drug-likeness (QED) is 0.349. The average molecular weight is 255 g/mol. The number of hydrogen-bond acceptors (Lipinski definition) is 3. The Morgan fingerprint density at radius 1 is 1.28 bits per heavy atom. The lowest BCUT2D eigenvalue weighted by Gasteiger charge is -2.26. The molecule has 0 spiro atoms. The van der Waals surface area contributed by atoms with E-state index in [1.807, 2.05) is 0 Å². The van der Waals surface area contributed by atoms with Crippen molar-refractivity contribution in [1.82, 2.24) is 5.32 Å². The SMILES string of the molecule is C=CC(=O)OCCNC(C)(C)CCCCCCC. The first-order chi connectivity index (χ1) is 8.52. The van der Waals surface area contributed by atoms with Crippen LogP contribution in [-0.4, -0.2) is 24.7 Å². The van der Waals surface area contributed by atoms with Gasteiger partial charge in [0.05, 0.1) is 0 Å². The highest BCUT2D eigenvalue weighted by Gasteiger charge is 2.15. The molecule has 0 aliphatic carbocycles. The molecule has 3 nitrogen and oxygen atoms in total. The minimum Gasteiger partial charge on any atom is -0.461 e. The fraction of sp³-hybridized carbons (Fsp3) is 0.800. The number of carbonyl (C=O) groups excluding carboxylic acids is 1. The number of hydrogen-bond donors (Lipinski definition) is 1. The molecule has 3 heteroatoms. The Hall–Kier alpha value is -0.830. The number of nitrogens with one attached hydrogen (secondary N) is 1. The average Bonchev–Trinajstić information content (AvgIpc) is 2.34. The van der Waals surface area contributed by atoms with Gasteiger partial charge >= 0.3 is 5.97 Å². The lowest BCUT2D eigenvalue weighted by atomic mass is 9.96. The molecule has 0 radical (unpaired) electrons. The van der Waals surface area contributed by atoms with Crippen molar-refractivity contribution in [3.63, 3.8) is 0 Å². The van der Waals surface area contributed by atoms with Crippen LogP contribution in [0.15, 0.2) is 12.7 Å². The van der Waals surface area contributed by atoms with Crippen LogP contribution < -0.4 is 5.32 Å². The Labute approximate surface area is 112 Å². The van der Waals surface area contributed by atoms with Gasteiger partial charge in [-0.25, -0.2) is 4.79 Å². The third-order valence-electron chi connectivity index (χ3n) is 3.02. The molecule has 0 saturated carbocycles. The van der Waals surface area contributed by atoms with Crippen LogP contribution in [0.2, 0.25) is 0 Å². The van der Waals surface area contributed by atoms with Gasteiger partial charge in [0.25, 0.3) is 0 Å². The summed E-state index contributed by atoms with van der Waals surface area (Å²) >= 11 is 0. The second-order valence-corrected chi connectivity index (χ2v) is 5.35. The van der Waals surface area contributed by atoms with Gasteiger partial charge in [0.2, 0.25) is 0 Å². The molecular weight excluding hydrogens is 226 g/mol. The maximum atomic E-state index is 10.8. The van der Waals surface area contributed by atoms with E-state index in [1.54, 1.807) is 0 Å². The molecule has 0 aromatic rings. The van der Waals surface area contributed by atoms with Gasteiger partial charge in [0.1, 0.15) is 6.61 Å². The summed E-state index contributed by atoms with van der Waals surface area (Å²) in [7, 11) is 0. The monoisotopic (exact) mass is 255 g/mol. The zero-order valence-corrected chi connectivity index (χ0v) is 12.3. The third kappa shape index (κ3) is 10.3. The molecule has 0 atom stereocenters. The van der Waals surface area contributed by atoms with Crippen LogP contribution in [0.3, 0.4) is 0 Å². The number of ether oxygens (including phenoxy) is 1. The molecule has 0 bridgehead atoms. The fourth-order valence-corrected chi connectivity index (χ4v) is 1.86. The van der Waals surface area contributed by atoms with E-state index in [-0.39, 0.29) is 11.5 Å². The van der Waals surface area contributed by atoms with Crippen molar-refractivity contribution < 1.29 is 9.53 Å². The zero-order valence-electron chi connectivity index (χ0n) is 12.3. The van der Waals surface area contributed by atoms with Crippen LogP contribution in [0.25, 0.3) is 0 Å². The van der Waals surface area contributed by atoms with E-state index in [2.05, 4.69) is 32.7 Å². The summed E-state index contributed by atoms with van der Waals surface area (Å²) < 4.78 is 4.92. The topological polar surface area (TPSA) is 38.3 Å². The summed E-state index contributed by atoms with van der Waals surface area (Å²) in [4.78, 5) is 10.8. The first-order valence-corrected chi connectivity index (χ1v) is 7.06. The first kappa shape index (κ1) is 17.2. The van der Waals surface area contributed by atoms with E-state index >= 15 is 0 Å². The maximum Gasteiger partial charge on any atom is 0.330 e. The number of carbonyl (C=O) groups is 1. The highest BCUT2D eigenvalue weighted by atomic mass is 16.5. The van der Waals surface area contributed by atoms with Crippen molar-refractivity contribution in [2.24, 2.45) is 0 Å². The Bertz CT molecular complexity index is 237. The van der Waals surface area contributed by atoms with Crippen LogP contribution in [0.1, 0.15) is 59.3 Å². The highest BCUT2D eigenvalue weighted by molar-refractivity contribution is 5.81. The number of unbranched alkanes of at least 4 members (excludes halogenated alkanes) is 4. The number of rotatable bonds is 11. The molecule has 0 aromatic carbocycles. The number of esters is 1. The summed E-state index contributed by atoms with van der Waals surface area (Å²) in [5.74, 6) is -0.353. The Morgan fingerprint density at radius 2 is 1.94 bits per heavy atom. The summed E-state index contributed by atoms with van der Waals surface area (Å²) in [5, 5.41) is 3.42. The normalized spacial score (nSPS) is 11.3. The molecule has 0 aliphatic rings. The van der Waals surface area contributed by atoms with Crippen LogP contribution in [0, 0.1) is 0 Å². The largest absolute Gasteiger partial charge is 0.461 e. The third-order valence-corrected chi connectivity index (χ3v) is 3.02. The van der Waals surface area contributed by atoms with E-state index in [1.165, 1.54) is 38.2 Å². The van der Waals surface area contributed by atoms with E-state index in [0.717, 1.165) is 6.42 Å². The van der Waals surface area contributed by atoms with Crippen molar-refractivity contribution in [3.8, 4) is 0 Å². The lowest BCUT2D eigenvalue weighted by molar-refractivity contribution is -0.137. The van der Waals surface area contributed by atoms with Crippen LogP contribution >= 0.6 is 0 Å². The molecule has 0 aliphatic heterocycles. The summed E-state index contributed by atoms with van der Waals surface area (Å²) in [6.45, 7) is 11.1. The molecule has 0 unspecified atom stereocenters. The predicted octanol–water partition coefficient (Wildman–Crippen LogP) is 3.44. The summed E-state index contributed by atoms with van der Waals surface area (Å²) in [6.07, 6.45) is 8.88. The summed E-state index contributed by atoms with van der Waals surface area (Å²) in [6, 6.07) is 0. The van der Waals surface area contributed by atoms with Gasteiger partial charge in [-0.3, -0.25) is 0 Å². The van der Waals surface area contributed by atoms with Gasteiger partial charge in [-0.05, 0) is 20.3 Å². The molecule has 0 fully saturated rings. The van der Waals surface area contributed by atoms with Crippen molar-refractivity contribution in [3.05, 3.63) is 12.7 Å². The van der Waals surface area contributed by atoms with E-state index in [4.69, 9.17) is 4.74 Å². The van der Waals surface area contributed by atoms with Crippen LogP contribution in [0.5, 0.6) is 0 Å².